The molecule has 4 rings (SSSR count). The summed E-state index contributed by atoms with van der Waals surface area (Å²) in [4.78, 5) is 31.9. The van der Waals surface area contributed by atoms with Crippen LogP contribution in [0.25, 0.3) is 0 Å². The van der Waals surface area contributed by atoms with Crippen molar-refractivity contribution >= 4 is 50.9 Å². The Bertz CT molecular complexity index is 2190. The van der Waals surface area contributed by atoms with Crippen molar-refractivity contribution in [2.75, 3.05) is 17.6 Å². The number of carbonyl (C=O) groups is 1. The van der Waals surface area contributed by atoms with Crippen LogP contribution in [0.5, 0.6) is 0 Å². The minimum Gasteiger partial charge on any atom is -0.481 e. The molecule has 0 aliphatic carbocycles. The number of carboxylic acid groups (broad SMARTS) is 1. The molecule has 2 aromatic carbocycles. The SMILES string of the molecule is CCCC[N+]1=C(C=CC=CC=C2N(C(CCC)S(=O)(=O)O)c3ccc(S(=O)(=O)O)cc3C2(C)CCP(=O)(O)O)C(C)(CCCCCC(=O)O)c2cc(C)ccc21. The van der Waals surface area contributed by atoms with Gasteiger partial charge in [0.15, 0.2) is 11.1 Å². The van der Waals surface area contributed by atoms with Crippen LogP contribution in [0, 0.1) is 6.92 Å². The molecule has 308 valence electrons. The van der Waals surface area contributed by atoms with Gasteiger partial charge in [0.25, 0.3) is 20.2 Å². The van der Waals surface area contributed by atoms with Gasteiger partial charge in [-0.1, -0.05) is 69.4 Å². The molecule has 0 spiro atoms. The number of hydrogen-bond acceptors (Lipinski definition) is 7. The summed E-state index contributed by atoms with van der Waals surface area (Å²) in [5.41, 5.74) is 3.51. The molecule has 3 unspecified atom stereocenters. The summed E-state index contributed by atoms with van der Waals surface area (Å²) in [6.07, 6.45) is 13.5. The van der Waals surface area contributed by atoms with Gasteiger partial charge in [0.05, 0.1) is 16.5 Å². The molecule has 5 N–H and O–H groups in total. The largest absolute Gasteiger partial charge is 0.481 e. The zero-order chi connectivity index (χ0) is 41.7. The molecule has 2 aliphatic rings. The highest BCUT2D eigenvalue weighted by molar-refractivity contribution is 7.86. The lowest BCUT2D eigenvalue weighted by molar-refractivity contribution is -0.438. The van der Waals surface area contributed by atoms with Gasteiger partial charge < -0.3 is 19.8 Å². The van der Waals surface area contributed by atoms with E-state index in [2.05, 4.69) is 43.5 Å². The van der Waals surface area contributed by atoms with E-state index >= 15 is 0 Å². The number of anilines is 1. The van der Waals surface area contributed by atoms with Gasteiger partial charge in [-0.3, -0.25) is 18.5 Å². The predicted molar refractivity (Wildman–Crippen MR) is 218 cm³/mol. The van der Waals surface area contributed by atoms with E-state index < -0.39 is 55.6 Å². The number of nitrogens with zero attached hydrogens (tertiary/aromatic N) is 2. The monoisotopic (exact) mass is 835 g/mol. The molecule has 0 aromatic heterocycles. The average Bonchev–Trinajstić information content (AvgIpc) is 3.47. The molecular weight excluding hydrogens is 780 g/mol. The molecular formula is C40H56N2O11PS2+. The van der Waals surface area contributed by atoms with Gasteiger partial charge in [0, 0.05) is 47.3 Å². The Morgan fingerprint density at radius 3 is 2.21 bits per heavy atom. The van der Waals surface area contributed by atoms with Crippen LogP contribution in [0.3, 0.4) is 0 Å². The average molecular weight is 836 g/mol. The maximum atomic E-state index is 12.9. The van der Waals surface area contributed by atoms with E-state index in [9.17, 15) is 45.1 Å². The normalized spacial score (nSPS) is 21.4. The summed E-state index contributed by atoms with van der Waals surface area (Å²) in [6, 6.07) is 10.1. The van der Waals surface area contributed by atoms with Crippen molar-refractivity contribution in [1.82, 2.24) is 0 Å². The van der Waals surface area contributed by atoms with Gasteiger partial charge >= 0.3 is 13.6 Å². The number of hydrogen-bond donors (Lipinski definition) is 5. The zero-order valence-corrected chi connectivity index (χ0v) is 35.3. The maximum absolute atomic E-state index is 12.9. The van der Waals surface area contributed by atoms with Crippen molar-refractivity contribution in [2.24, 2.45) is 0 Å². The lowest BCUT2D eigenvalue weighted by Crippen LogP contribution is -2.41. The van der Waals surface area contributed by atoms with E-state index in [1.54, 1.807) is 32.1 Å². The van der Waals surface area contributed by atoms with E-state index in [0.717, 1.165) is 61.7 Å². The molecule has 16 heteroatoms. The van der Waals surface area contributed by atoms with Crippen molar-refractivity contribution in [2.45, 2.75) is 120 Å². The number of carboxylic acids is 1. The van der Waals surface area contributed by atoms with Crippen molar-refractivity contribution in [3.8, 4) is 0 Å². The molecule has 0 amide bonds. The Kier molecular flexibility index (Phi) is 14.6. The quantitative estimate of drug-likeness (QED) is 0.0285. The van der Waals surface area contributed by atoms with Gasteiger partial charge in [0.1, 0.15) is 6.54 Å². The van der Waals surface area contributed by atoms with Crippen LogP contribution in [-0.2, 0) is 40.4 Å². The number of benzene rings is 2. The number of aryl methyl sites for hydroxylation is 1. The fourth-order valence-corrected chi connectivity index (χ4v) is 10.3. The highest BCUT2D eigenvalue weighted by atomic mass is 32.2. The van der Waals surface area contributed by atoms with E-state index in [-0.39, 0.29) is 41.6 Å². The van der Waals surface area contributed by atoms with Gasteiger partial charge in [-0.2, -0.15) is 21.4 Å². The lowest BCUT2D eigenvalue weighted by atomic mass is 9.75. The van der Waals surface area contributed by atoms with Crippen molar-refractivity contribution in [1.29, 1.82) is 0 Å². The smallest absolute Gasteiger partial charge is 0.325 e. The molecule has 0 radical (unpaired) electrons. The van der Waals surface area contributed by atoms with Crippen molar-refractivity contribution in [3.05, 3.63) is 89.2 Å². The Morgan fingerprint density at radius 1 is 0.893 bits per heavy atom. The third-order valence-electron chi connectivity index (χ3n) is 10.9. The summed E-state index contributed by atoms with van der Waals surface area (Å²) >= 11 is 0. The second-order valence-corrected chi connectivity index (χ2v) is 20.0. The molecule has 0 saturated carbocycles. The summed E-state index contributed by atoms with van der Waals surface area (Å²) in [7, 11) is -14.1. The third kappa shape index (κ3) is 10.4. The molecule has 2 heterocycles. The summed E-state index contributed by atoms with van der Waals surface area (Å²) in [5.74, 6) is -0.811. The molecule has 13 nitrogen and oxygen atoms in total. The fourth-order valence-electron chi connectivity index (χ4n) is 8.00. The molecule has 2 aromatic rings. The second kappa shape index (κ2) is 18.0. The summed E-state index contributed by atoms with van der Waals surface area (Å²) in [5, 5.41) is 7.64. The number of rotatable bonds is 20. The number of aliphatic carboxylic acids is 1. The van der Waals surface area contributed by atoms with E-state index in [1.807, 2.05) is 12.2 Å². The summed E-state index contributed by atoms with van der Waals surface area (Å²) < 4.78 is 85.2. The summed E-state index contributed by atoms with van der Waals surface area (Å²) in [6.45, 7) is 10.6. The van der Waals surface area contributed by atoms with Gasteiger partial charge in [-0.15, -0.1) is 0 Å². The van der Waals surface area contributed by atoms with Crippen molar-refractivity contribution in [3.63, 3.8) is 0 Å². The molecule has 0 bridgehead atoms. The van der Waals surface area contributed by atoms with Gasteiger partial charge in [0.2, 0.25) is 5.69 Å². The standard InChI is InChI=1S/C40H55N2O11PS2/c1-6-8-25-41-33-21-19-29(3)27-31(33)39(4,23-14-10-13-18-38(43)44)35(41)16-11-9-12-17-36-40(5,24-26-54(45,46)47)32-28-30(55(48,49)50)20-22-34(32)42(36)37(15-7-2)56(51,52)53/h9,11-12,16-17,19-22,27-28,37H,6-8,10,13-15,18,23-26H2,1-5H3,(H4-,43,44,45,46,47,48,49,50,51,52,53)/p+1. The topological polar surface area (TPSA) is 210 Å². The third-order valence-corrected chi connectivity index (χ3v) is 13.7. The Balaban J connectivity index is 1.85. The van der Waals surface area contributed by atoms with E-state index in [1.165, 1.54) is 22.6 Å². The first-order valence-electron chi connectivity index (χ1n) is 19.0. The van der Waals surface area contributed by atoms with Gasteiger partial charge in [-0.25, -0.2) is 0 Å². The Hall–Kier alpha value is -3.43. The van der Waals surface area contributed by atoms with Crippen LogP contribution < -0.4 is 4.90 Å². The van der Waals surface area contributed by atoms with E-state index in [0.29, 0.717) is 12.8 Å². The lowest BCUT2D eigenvalue weighted by Gasteiger charge is -2.34. The second-order valence-electron chi connectivity index (χ2n) is 15.2. The molecule has 2 aliphatic heterocycles. The minimum absolute atomic E-state index is 0.0192. The maximum Gasteiger partial charge on any atom is 0.325 e. The van der Waals surface area contributed by atoms with Crippen LogP contribution in [0.4, 0.5) is 11.4 Å². The Labute approximate surface area is 331 Å². The van der Waals surface area contributed by atoms with Crippen LogP contribution >= 0.6 is 7.60 Å². The first-order chi connectivity index (χ1) is 26.1. The van der Waals surface area contributed by atoms with Crippen molar-refractivity contribution < 1.29 is 54.8 Å². The molecule has 0 fully saturated rings. The number of unbranched alkanes of at least 4 members (excludes halogenated alkanes) is 3. The molecule has 56 heavy (non-hydrogen) atoms. The van der Waals surface area contributed by atoms with Crippen LogP contribution in [0.1, 0.15) is 109 Å². The van der Waals surface area contributed by atoms with Crippen LogP contribution in [0.2, 0.25) is 0 Å². The zero-order valence-electron chi connectivity index (χ0n) is 32.8. The minimum atomic E-state index is -4.75. The van der Waals surface area contributed by atoms with Crippen LogP contribution in [0.15, 0.2) is 77.4 Å². The highest BCUT2D eigenvalue weighted by Crippen LogP contribution is 2.54. The predicted octanol–water partition coefficient (Wildman–Crippen LogP) is 7.79. The Morgan fingerprint density at radius 2 is 1.61 bits per heavy atom. The molecule has 0 saturated heterocycles. The molecule has 3 atom stereocenters. The fraction of sp³-hybridized carbons (Fsp3) is 0.500. The van der Waals surface area contributed by atoms with E-state index in [4.69, 9.17) is 5.11 Å². The highest BCUT2D eigenvalue weighted by Gasteiger charge is 2.50. The number of allylic oxidation sites excluding steroid dienone is 6. The number of fused-ring (bicyclic) bond motifs is 2. The van der Waals surface area contributed by atoms with Crippen LogP contribution in [-0.4, -0.2) is 75.2 Å². The first kappa shape index (κ1) is 45.3. The first-order valence-corrected chi connectivity index (χ1v) is 23.8. The van der Waals surface area contributed by atoms with Gasteiger partial charge in [-0.05, 0) is 82.4 Å².